The van der Waals surface area contributed by atoms with Crippen LogP contribution in [-0.2, 0) is 4.74 Å². The lowest BCUT2D eigenvalue weighted by atomic mass is 10.2. The molecule has 2 N–H and O–H groups in total. The van der Waals surface area contributed by atoms with Crippen LogP contribution in [0, 0.1) is 5.92 Å². The molecule has 6 heteroatoms. The van der Waals surface area contributed by atoms with E-state index in [2.05, 4.69) is 29.4 Å². The van der Waals surface area contributed by atoms with Gasteiger partial charge in [-0.1, -0.05) is 13.8 Å². The van der Waals surface area contributed by atoms with Crippen molar-refractivity contribution in [3.8, 4) is 5.75 Å². The van der Waals surface area contributed by atoms with Crippen molar-refractivity contribution in [1.82, 2.24) is 5.32 Å². The zero-order valence-corrected chi connectivity index (χ0v) is 13.5. The largest absolute Gasteiger partial charge is 0.495 e. The molecule has 1 saturated heterocycles. The summed E-state index contributed by atoms with van der Waals surface area (Å²) in [6.07, 6.45) is 0. The van der Waals surface area contributed by atoms with Crippen LogP contribution >= 0.6 is 0 Å². The summed E-state index contributed by atoms with van der Waals surface area (Å²) < 4.78 is 10.7. The number of rotatable bonds is 5. The molecule has 6 nitrogen and oxygen atoms in total. The van der Waals surface area contributed by atoms with Crippen molar-refractivity contribution in [3.05, 3.63) is 18.2 Å². The predicted octanol–water partition coefficient (Wildman–Crippen LogP) is 2.31. The van der Waals surface area contributed by atoms with E-state index >= 15 is 0 Å². The maximum atomic E-state index is 12.0. The molecule has 0 bridgehead atoms. The molecule has 0 radical (unpaired) electrons. The van der Waals surface area contributed by atoms with E-state index in [0.29, 0.717) is 23.9 Å². The number of amides is 2. The minimum atomic E-state index is -0.217. The lowest BCUT2D eigenvalue weighted by molar-refractivity contribution is 0.122. The van der Waals surface area contributed by atoms with Crippen molar-refractivity contribution in [2.24, 2.45) is 5.92 Å². The summed E-state index contributed by atoms with van der Waals surface area (Å²) in [7, 11) is 1.60. The van der Waals surface area contributed by atoms with Crippen molar-refractivity contribution >= 4 is 17.4 Å². The van der Waals surface area contributed by atoms with Gasteiger partial charge >= 0.3 is 6.03 Å². The summed E-state index contributed by atoms with van der Waals surface area (Å²) in [5, 5.41) is 5.71. The first-order valence-corrected chi connectivity index (χ1v) is 7.65. The van der Waals surface area contributed by atoms with Crippen molar-refractivity contribution < 1.29 is 14.3 Å². The quantitative estimate of drug-likeness (QED) is 0.876. The molecule has 2 rings (SSSR count). The van der Waals surface area contributed by atoms with Gasteiger partial charge in [0.25, 0.3) is 0 Å². The van der Waals surface area contributed by atoms with Crippen LogP contribution in [0.25, 0.3) is 0 Å². The molecule has 2 amide bonds. The summed E-state index contributed by atoms with van der Waals surface area (Å²) in [6.45, 7) is 7.90. The van der Waals surface area contributed by atoms with Crippen molar-refractivity contribution in [2.45, 2.75) is 13.8 Å². The van der Waals surface area contributed by atoms with E-state index in [1.807, 2.05) is 18.2 Å². The van der Waals surface area contributed by atoms with Crippen molar-refractivity contribution in [1.29, 1.82) is 0 Å². The number of hydrogen-bond donors (Lipinski definition) is 2. The topological polar surface area (TPSA) is 62.8 Å². The van der Waals surface area contributed by atoms with E-state index in [0.717, 1.165) is 32.0 Å². The normalized spacial score (nSPS) is 14.8. The number of carbonyl (C=O) groups is 1. The van der Waals surface area contributed by atoms with E-state index in [1.165, 1.54) is 0 Å². The second kappa shape index (κ2) is 7.89. The number of urea groups is 1. The molecule has 0 spiro atoms. The second-order valence-corrected chi connectivity index (χ2v) is 5.71. The molecule has 0 atom stereocenters. The Balaban J connectivity index is 2.08. The Hall–Kier alpha value is -1.95. The fraction of sp³-hybridized carbons (Fsp3) is 0.562. The summed E-state index contributed by atoms with van der Waals surface area (Å²) >= 11 is 0. The molecule has 22 heavy (non-hydrogen) atoms. The van der Waals surface area contributed by atoms with Gasteiger partial charge in [-0.2, -0.15) is 0 Å². The second-order valence-electron chi connectivity index (χ2n) is 5.71. The molecule has 0 aromatic heterocycles. The maximum Gasteiger partial charge on any atom is 0.319 e. The van der Waals surface area contributed by atoms with E-state index in [-0.39, 0.29) is 6.03 Å². The van der Waals surface area contributed by atoms with Crippen LogP contribution < -0.4 is 20.3 Å². The zero-order chi connectivity index (χ0) is 15.9. The van der Waals surface area contributed by atoms with Crippen LogP contribution in [0.2, 0.25) is 0 Å². The monoisotopic (exact) mass is 307 g/mol. The molecule has 0 saturated carbocycles. The van der Waals surface area contributed by atoms with Gasteiger partial charge in [0.1, 0.15) is 5.75 Å². The standard InChI is InChI=1S/C16H25N3O3/c1-12(2)11-17-16(20)18-14-10-13(4-5-15(14)21-3)19-6-8-22-9-7-19/h4-5,10,12H,6-9,11H2,1-3H3,(H2,17,18,20). The zero-order valence-electron chi connectivity index (χ0n) is 13.5. The molecular formula is C16H25N3O3. The lowest BCUT2D eigenvalue weighted by Crippen LogP contribution is -2.36. The third kappa shape index (κ3) is 4.53. The Bertz CT molecular complexity index is 499. The maximum absolute atomic E-state index is 12.0. The third-order valence-corrected chi connectivity index (χ3v) is 3.48. The number of morpholine rings is 1. The highest BCUT2D eigenvalue weighted by Crippen LogP contribution is 2.30. The average molecular weight is 307 g/mol. The minimum Gasteiger partial charge on any atom is -0.495 e. The van der Waals surface area contributed by atoms with Gasteiger partial charge in [0, 0.05) is 25.3 Å². The molecule has 1 aromatic rings. The van der Waals surface area contributed by atoms with E-state index in [4.69, 9.17) is 9.47 Å². The van der Waals surface area contributed by atoms with Crippen LogP contribution in [0.3, 0.4) is 0 Å². The Morgan fingerprint density at radius 3 is 2.73 bits per heavy atom. The SMILES string of the molecule is COc1ccc(N2CCOCC2)cc1NC(=O)NCC(C)C. The van der Waals surface area contributed by atoms with Gasteiger partial charge in [0.05, 0.1) is 26.0 Å². The number of nitrogens with one attached hydrogen (secondary N) is 2. The Morgan fingerprint density at radius 2 is 2.09 bits per heavy atom. The van der Waals surface area contributed by atoms with Gasteiger partial charge in [-0.25, -0.2) is 4.79 Å². The first kappa shape index (κ1) is 16.4. The lowest BCUT2D eigenvalue weighted by Gasteiger charge is -2.29. The Labute approximate surface area is 131 Å². The number of methoxy groups -OCH3 is 1. The van der Waals surface area contributed by atoms with Gasteiger partial charge in [0.2, 0.25) is 0 Å². The van der Waals surface area contributed by atoms with Crippen LogP contribution in [0.5, 0.6) is 5.75 Å². The van der Waals surface area contributed by atoms with Gasteiger partial charge in [-0.3, -0.25) is 0 Å². The van der Waals surface area contributed by atoms with Crippen molar-refractivity contribution in [3.63, 3.8) is 0 Å². The highest BCUT2D eigenvalue weighted by molar-refractivity contribution is 5.91. The molecule has 0 unspecified atom stereocenters. The minimum absolute atomic E-state index is 0.217. The Kier molecular flexibility index (Phi) is 5.89. The van der Waals surface area contributed by atoms with Crippen LogP contribution in [0.1, 0.15) is 13.8 Å². The summed E-state index contributed by atoms with van der Waals surface area (Å²) in [5.41, 5.74) is 1.73. The first-order valence-electron chi connectivity index (χ1n) is 7.65. The summed E-state index contributed by atoms with van der Waals surface area (Å²) in [4.78, 5) is 14.2. The fourth-order valence-electron chi connectivity index (χ4n) is 2.28. The number of ether oxygens (including phenoxy) is 2. The summed E-state index contributed by atoms with van der Waals surface area (Å²) in [6, 6.07) is 5.61. The van der Waals surface area contributed by atoms with Crippen LogP contribution in [-0.4, -0.2) is 46.0 Å². The van der Waals surface area contributed by atoms with Crippen molar-refractivity contribution in [2.75, 3.05) is 50.2 Å². The van der Waals surface area contributed by atoms with Gasteiger partial charge in [-0.15, -0.1) is 0 Å². The molecule has 1 aliphatic heterocycles. The third-order valence-electron chi connectivity index (χ3n) is 3.48. The highest BCUT2D eigenvalue weighted by atomic mass is 16.5. The number of carbonyl (C=O) groups excluding carboxylic acids is 1. The van der Waals surface area contributed by atoms with Gasteiger partial charge < -0.3 is 25.0 Å². The molecule has 1 fully saturated rings. The molecule has 1 aliphatic rings. The summed E-state index contributed by atoms with van der Waals surface area (Å²) in [5.74, 6) is 1.06. The van der Waals surface area contributed by atoms with Gasteiger partial charge in [-0.05, 0) is 24.1 Å². The average Bonchev–Trinajstić information content (AvgIpc) is 2.53. The number of hydrogen-bond acceptors (Lipinski definition) is 4. The molecular weight excluding hydrogens is 282 g/mol. The van der Waals surface area contributed by atoms with Crippen LogP contribution in [0.15, 0.2) is 18.2 Å². The molecule has 1 aromatic carbocycles. The Morgan fingerprint density at radius 1 is 1.36 bits per heavy atom. The van der Waals surface area contributed by atoms with Gasteiger partial charge in [0.15, 0.2) is 0 Å². The van der Waals surface area contributed by atoms with E-state index in [9.17, 15) is 4.79 Å². The molecule has 1 heterocycles. The fourth-order valence-corrected chi connectivity index (χ4v) is 2.28. The number of benzene rings is 1. The van der Waals surface area contributed by atoms with E-state index in [1.54, 1.807) is 7.11 Å². The van der Waals surface area contributed by atoms with Crippen LogP contribution in [0.4, 0.5) is 16.2 Å². The molecule has 122 valence electrons. The first-order chi connectivity index (χ1) is 10.6. The molecule has 0 aliphatic carbocycles. The predicted molar refractivity (Wildman–Crippen MR) is 87.9 cm³/mol. The number of anilines is 2. The number of nitrogens with zero attached hydrogens (tertiary/aromatic N) is 1. The highest BCUT2D eigenvalue weighted by Gasteiger charge is 2.14. The smallest absolute Gasteiger partial charge is 0.319 e. The van der Waals surface area contributed by atoms with E-state index < -0.39 is 0 Å².